The van der Waals surface area contributed by atoms with Crippen molar-refractivity contribution in [3.63, 3.8) is 0 Å². The highest BCUT2D eigenvalue weighted by atomic mass is 19.1. The Bertz CT molecular complexity index is 874. The Balaban J connectivity index is 2.19. The van der Waals surface area contributed by atoms with Crippen molar-refractivity contribution in [1.29, 1.82) is 0 Å². The fraction of sp³-hybridized carbons (Fsp3) is 0.238. The highest BCUT2D eigenvalue weighted by Gasteiger charge is 2.15. The van der Waals surface area contributed by atoms with Crippen LogP contribution in [0.15, 0.2) is 42.5 Å². The molecule has 2 rings (SSSR count). The zero-order chi connectivity index (χ0) is 20.7. The number of ether oxygens (including phenoxy) is 2. The van der Waals surface area contributed by atoms with E-state index in [-0.39, 0.29) is 12.5 Å². The molecule has 0 spiro atoms. The van der Waals surface area contributed by atoms with Crippen LogP contribution in [-0.4, -0.2) is 43.9 Å². The number of nitrogens with zero attached hydrogens (tertiary/aromatic N) is 1. The normalized spacial score (nSPS) is 10.8. The number of hydrogen-bond acceptors (Lipinski definition) is 4. The molecule has 28 heavy (non-hydrogen) atoms. The molecular formula is C21H21F2NO4. The van der Waals surface area contributed by atoms with Gasteiger partial charge in [0.1, 0.15) is 11.6 Å². The number of hydrogen-bond donors (Lipinski definition) is 0. The van der Waals surface area contributed by atoms with E-state index in [1.807, 2.05) is 0 Å². The molecule has 148 valence electrons. The van der Waals surface area contributed by atoms with E-state index in [0.29, 0.717) is 23.7 Å². The first-order chi connectivity index (χ1) is 13.3. The van der Waals surface area contributed by atoms with E-state index in [0.717, 1.165) is 18.2 Å². The molecule has 2 aromatic rings. The minimum atomic E-state index is -0.918. The smallest absolute Gasteiger partial charge is 0.259 e. The molecular weight excluding hydrogens is 368 g/mol. The van der Waals surface area contributed by atoms with Crippen molar-refractivity contribution >= 4 is 17.8 Å². The van der Waals surface area contributed by atoms with Crippen LogP contribution in [0.1, 0.15) is 22.8 Å². The van der Waals surface area contributed by atoms with Gasteiger partial charge in [0.2, 0.25) is 0 Å². The van der Waals surface area contributed by atoms with E-state index in [2.05, 4.69) is 0 Å². The van der Waals surface area contributed by atoms with Gasteiger partial charge in [-0.2, -0.15) is 0 Å². The first-order valence-electron chi connectivity index (χ1n) is 8.59. The SMILES string of the molecule is CCOc1cc(/C=C/C(=O)c2c(F)cccc2F)ccc1OCC(=O)N(C)C. The second-order valence-electron chi connectivity index (χ2n) is 6.01. The standard InChI is InChI=1S/C21H21F2NO4/c1-4-27-19-12-14(9-11-18(19)28-13-20(26)24(2)3)8-10-17(25)21-15(22)6-5-7-16(21)23/h5-12H,4,13H2,1-3H3/b10-8+. The first-order valence-corrected chi connectivity index (χ1v) is 8.59. The topological polar surface area (TPSA) is 55.8 Å². The van der Waals surface area contributed by atoms with Crippen LogP contribution in [0.3, 0.4) is 0 Å². The molecule has 2 aromatic carbocycles. The molecule has 0 heterocycles. The number of halogens is 2. The van der Waals surface area contributed by atoms with Crippen molar-refractivity contribution < 1.29 is 27.8 Å². The Labute approximate surface area is 162 Å². The van der Waals surface area contributed by atoms with Crippen molar-refractivity contribution in [2.45, 2.75) is 6.92 Å². The highest BCUT2D eigenvalue weighted by molar-refractivity contribution is 6.07. The number of amides is 1. The molecule has 0 aromatic heterocycles. The summed E-state index contributed by atoms with van der Waals surface area (Å²) in [5.74, 6) is -2.06. The van der Waals surface area contributed by atoms with Crippen molar-refractivity contribution in [1.82, 2.24) is 4.90 Å². The second-order valence-corrected chi connectivity index (χ2v) is 6.01. The van der Waals surface area contributed by atoms with Gasteiger partial charge in [-0.05, 0) is 42.8 Å². The summed E-state index contributed by atoms with van der Waals surface area (Å²) in [5.41, 5.74) is -0.0363. The minimum absolute atomic E-state index is 0.146. The molecule has 0 atom stereocenters. The number of allylic oxidation sites excluding steroid dienone is 1. The van der Waals surface area contributed by atoms with Gasteiger partial charge in [0, 0.05) is 14.1 Å². The Morgan fingerprint density at radius 1 is 1.04 bits per heavy atom. The number of rotatable bonds is 8. The molecule has 7 heteroatoms. The monoisotopic (exact) mass is 389 g/mol. The van der Waals surface area contributed by atoms with Crippen LogP contribution in [0, 0.1) is 11.6 Å². The molecule has 0 saturated carbocycles. The van der Waals surface area contributed by atoms with E-state index in [9.17, 15) is 18.4 Å². The number of likely N-dealkylation sites (N-methyl/N-ethyl adjacent to an activating group) is 1. The Morgan fingerprint density at radius 3 is 2.32 bits per heavy atom. The molecule has 0 fully saturated rings. The van der Waals surface area contributed by atoms with Crippen molar-refractivity contribution in [3.8, 4) is 11.5 Å². The maximum absolute atomic E-state index is 13.7. The van der Waals surface area contributed by atoms with Gasteiger partial charge in [-0.1, -0.05) is 18.2 Å². The van der Waals surface area contributed by atoms with E-state index < -0.39 is 23.0 Å². The number of ketones is 1. The molecule has 0 aliphatic heterocycles. The Hall–Kier alpha value is -3.22. The van der Waals surface area contributed by atoms with Crippen LogP contribution < -0.4 is 9.47 Å². The summed E-state index contributed by atoms with van der Waals surface area (Å²) in [6.07, 6.45) is 2.51. The van der Waals surface area contributed by atoms with Gasteiger partial charge >= 0.3 is 0 Å². The molecule has 5 nitrogen and oxygen atoms in total. The maximum atomic E-state index is 13.7. The fourth-order valence-electron chi connectivity index (χ4n) is 2.27. The third-order valence-electron chi connectivity index (χ3n) is 3.75. The van der Waals surface area contributed by atoms with Gasteiger partial charge < -0.3 is 14.4 Å². The predicted octanol–water partition coefficient (Wildman–Crippen LogP) is 3.73. The zero-order valence-corrected chi connectivity index (χ0v) is 15.9. The molecule has 0 aliphatic carbocycles. The average Bonchev–Trinajstić information content (AvgIpc) is 2.65. The van der Waals surface area contributed by atoms with Crippen molar-refractivity contribution in [3.05, 3.63) is 65.2 Å². The maximum Gasteiger partial charge on any atom is 0.259 e. The molecule has 0 unspecified atom stereocenters. The van der Waals surface area contributed by atoms with Gasteiger partial charge in [-0.15, -0.1) is 0 Å². The quantitative estimate of drug-likeness (QED) is 0.510. The van der Waals surface area contributed by atoms with E-state index in [4.69, 9.17) is 9.47 Å². The summed E-state index contributed by atoms with van der Waals surface area (Å²) in [6, 6.07) is 8.10. The van der Waals surface area contributed by atoms with E-state index >= 15 is 0 Å². The van der Waals surface area contributed by atoms with E-state index in [1.165, 1.54) is 17.0 Å². The summed E-state index contributed by atoms with van der Waals surface area (Å²) in [7, 11) is 3.25. The van der Waals surface area contributed by atoms with Crippen LogP contribution in [0.4, 0.5) is 8.78 Å². The van der Waals surface area contributed by atoms with Gasteiger partial charge in [-0.3, -0.25) is 9.59 Å². The van der Waals surface area contributed by atoms with Gasteiger partial charge in [0.15, 0.2) is 23.9 Å². The molecule has 0 radical (unpaired) electrons. The lowest BCUT2D eigenvalue weighted by molar-refractivity contribution is -0.130. The lowest BCUT2D eigenvalue weighted by Gasteiger charge is -2.14. The van der Waals surface area contributed by atoms with Crippen LogP contribution in [0.5, 0.6) is 11.5 Å². The third kappa shape index (κ3) is 5.39. The molecule has 1 amide bonds. The average molecular weight is 389 g/mol. The lowest BCUT2D eigenvalue weighted by Crippen LogP contribution is -2.27. The van der Waals surface area contributed by atoms with Crippen LogP contribution in [0.25, 0.3) is 6.08 Å². The summed E-state index contributed by atoms with van der Waals surface area (Å²) >= 11 is 0. The molecule has 0 saturated heterocycles. The Morgan fingerprint density at radius 2 is 1.71 bits per heavy atom. The largest absolute Gasteiger partial charge is 0.490 e. The number of carbonyl (C=O) groups is 2. The Kier molecular flexibility index (Phi) is 7.26. The third-order valence-corrected chi connectivity index (χ3v) is 3.75. The zero-order valence-electron chi connectivity index (χ0n) is 15.9. The van der Waals surface area contributed by atoms with E-state index in [1.54, 1.807) is 39.2 Å². The van der Waals surface area contributed by atoms with Crippen molar-refractivity contribution in [2.75, 3.05) is 27.3 Å². The van der Waals surface area contributed by atoms with Crippen LogP contribution in [0.2, 0.25) is 0 Å². The van der Waals surface area contributed by atoms with Crippen LogP contribution in [-0.2, 0) is 4.79 Å². The molecule has 0 N–H and O–H groups in total. The van der Waals surface area contributed by atoms with Gasteiger partial charge in [0.05, 0.1) is 12.2 Å². The number of carbonyl (C=O) groups excluding carboxylic acids is 2. The van der Waals surface area contributed by atoms with Crippen LogP contribution >= 0.6 is 0 Å². The summed E-state index contributed by atoms with van der Waals surface area (Å²) in [4.78, 5) is 25.2. The summed E-state index contributed by atoms with van der Waals surface area (Å²) < 4.78 is 38.4. The molecule has 0 bridgehead atoms. The van der Waals surface area contributed by atoms with Gasteiger partial charge in [-0.25, -0.2) is 8.78 Å². The first kappa shape index (κ1) is 21.1. The summed E-state index contributed by atoms with van der Waals surface area (Å²) in [5, 5.41) is 0. The van der Waals surface area contributed by atoms with Crippen molar-refractivity contribution in [2.24, 2.45) is 0 Å². The second kappa shape index (κ2) is 9.64. The minimum Gasteiger partial charge on any atom is -0.490 e. The lowest BCUT2D eigenvalue weighted by atomic mass is 10.1. The highest BCUT2D eigenvalue weighted by Crippen LogP contribution is 2.29. The summed E-state index contributed by atoms with van der Waals surface area (Å²) in [6.45, 7) is 2.01. The predicted molar refractivity (Wildman–Crippen MR) is 102 cm³/mol. The molecule has 0 aliphatic rings. The number of benzene rings is 2. The fourth-order valence-corrected chi connectivity index (χ4v) is 2.27. The van der Waals surface area contributed by atoms with Gasteiger partial charge in [0.25, 0.3) is 5.91 Å².